The van der Waals surface area contributed by atoms with Crippen molar-refractivity contribution in [2.24, 2.45) is 0 Å². The van der Waals surface area contributed by atoms with Crippen molar-refractivity contribution in [3.05, 3.63) is 34.8 Å². The van der Waals surface area contributed by atoms with Gasteiger partial charge in [0.25, 0.3) is 5.91 Å². The van der Waals surface area contributed by atoms with Crippen LogP contribution in [-0.2, 0) is 9.53 Å². The van der Waals surface area contributed by atoms with Gasteiger partial charge < -0.3 is 24.4 Å². The monoisotopic (exact) mass is 391 g/mol. The van der Waals surface area contributed by atoms with Crippen LogP contribution in [0, 0.1) is 6.92 Å². The van der Waals surface area contributed by atoms with Crippen molar-refractivity contribution < 1.29 is 23.8 Å². The summed E-state index contributed by atoms with van der Waals surface area (Å²) in [6.45, 7) is 2.81. The highest BCUT2D eigenvalue weighted by Gasteiger charge is 2.22. The number of methoxy groups -OCH3 is 1. The van der Waals surface area contributed by atoms with Gasteiger partial charge in [-0.3, -0.25) is 9.59 Å². The highest BCUT2D eigenvalue weighted by molar-refractivity contribution is 7.13. The van der Waals surface area contributed by atoms with Crippen LogP contribution in [0.2, 0.25) is 0 Å². The van der Waals surface area contributed by atoms with E-state index in [4.69, 9.17) is 14.2 Å². The van der Waals surface area contributed by atoms with Crippen molar-refractivity contribution in [2.75, 3.05) is 38.9 Å². The topological polar surface area (TPSA) is 90.0 Å². The van der Waals surface area contributed by atoms with Crippen molar-refractivity contribution >= 4 is 28.3 Å². The minimum Gasteiger partial charge on any atom is -0.454 e. The number of fused-ring (bicyclic) bond motifs is 1. The van der Waals surface area contributed by atoms with Gasteiger partial charge in [0.1, 0.15) is 6.54 Å². The number of ether oxygens (including phenoxy) is 3. The number of benzene rings is 1. The average Bonchev–Trinajstić information content (AvgIpc) is 3.28. The lowest BCUT2D eigenvalue weighted by Crippen LogP contribution is -2.39. The molecule has 0 saturated heterocycles. The molecule has 2 heterocycles. The van der Waals surface area contributed by atoms with Crippen LogP contribution in [0.4, 0.5) is 5.13 Å². The Morgan fingerprint density at radius 1 is 1.33 bits per heavy atom. The van der Waals surface area contributed by atoms with E-state index in [1.807, 2.05) is 12.3 Å². The van der Waals surface area contributed by atoms with E-state index in [0.717, 1.165) is 5.69 Å². The second-order valence-corrected chi connectivity index (χ2v) is 6.84. The number of aryl methyl sites for hydroxylation is 1. The molecule has 0 spiro atoms. The summed E-state index contributed by atoms with van der Waals surface area (Å²) in [6.07, 6.45) is 0.621. The zero-order valence-electron chi connectivity index (χ0n) is 15.2. The molecule has 0 aliphatic carbocycles. The summed E-state index contributed by atoms with van der Waals surface area (Å²) < 4.78 is 15.7. The summed E-state index contributed by atoms with van der Waals surface area (Å²) in [6, 6.07) is 5.00. The first-order valence-electron chi connectivity index (χ1n) is 8.46. The Morgan fingerprint density at radius 3 is 2.89 bits per heavy atom. The number of nitrogens with one attached hydrogen (secondary N) is 1. The van der Waals surface area contributed by atoms with E-state index < -0.39 is 0 Å². The van der Waals surface area contributed by atoms with E-state index in [0.29, 0.717) is 41.8 Å². The Balaban J connectivity index is 1.69. The molecule has 1 aliphatic heterocycles. The molecule has 0 saturated carbocycles. The molecule has 9 heteroatoms. The van der Waals surface area contributed by atoms with E-state index in [1.54, 1.807) is 25.3 Å². The molecule has 0 bridgehead atoms. The molecule has 2 amide bonds. The minimum atomic E-state index is -0.295. The van der Waals surface area contributed by atoms with E-state index >= 15 is 0 Å². The first-order valence-corrected chi connectivity index (χ1v) is 9.34. The van der Waals surface area contributed by atoms with Crippen molar-refractivity contribution in [1.29, 1.82) is 0 Å². The zero-order valence-corrected chi connectivity index (χ0v) is 16.0. The van der Waals surface area contributed by atoms with E-state index in [9.17, 15) is 9.59 Å². The largest absolute Gasteiger partial charge is 0.454 e. The lowest BCUT2D eigenvalue weighted by Gasteiger charge is -2.22. The summed E-state index contributed by atoms with van der Waals surface area (Å²) in [7, 11) is 1.60. The summed E-state index contributed by atoms with van der Waals surface area (Å²) >= 11 is 1.35. The molecule has 1 aromatic carbocycles. The number of nitrogens with zero attached hydrogens (tertiary/aromatic N) is 2. The molecule has 8 nitrogen and oxygen atoms in total. The van der Waals surface area contributed by atoms with Crippen LogP contribution in [0.25, 0.3) is 0 Å². The van der Waals surface area contributed by atoms with Crippen molar-refractivity contribution in [3.8, 4) is 11.5 Å². The summed E-state index contributed by atoms with van der Waals surface area (Å²) in [4.78, 5) is 31.0. The van der Waals surface area contributed by atoms with Crippen LogP contribution in [0.5, 0.6) is 11.5 Å². The lowest BCUT2D eigenvalue weighted by atomic mass is 10.1. The standard InChI is InChI=1S/C18H21N3O5S/c1-12-10-27-18(19-12)20-16(22)9-21(6-3-7-24-2)17(23)13-4-5-14-15(8-13)26-11-25-14/h4-5,8,10H,3,6-7,9,11H2,1-2H3,(H,19,20,22). The van der Waals surface area contributed by atoms with E-state index in [-0.39, 0.29) is 25.2 Å². The Bertz CT molecular complexity index is 823. The van der Waals surface area contributed by atoms with Crippen LogP contribution in [0.3, 0.4) is 0 Å². The SMILES string of the molecule is COCCCN(CC(=O)Nc1nc(C)cs1)C(=O)c1ccc2c(c1)OCO2. The fourth-order valence-electron chi connectivity index (χ4n) is 2.61. The van der Waals surface area contributed by atoms with Gasteiger partial charge >= 0.3 is 0 Å². The number of carbonyl (C=O) groups excluding carboxylic acids is 2. The first-order chi connectivity index (χ1) is 13.1. The number of rotatable bonds is 8. The molecule has 0 atom stereocenters. The van der Waals surface area contributed by atoms with Crippen molar-refractivity contribution in [2.45, 2.75) is 13.3 Å². The predicted molar refractivity (Wildman–Crippen MR) is 100 cm³/mol. The van der Waals surface area contributed by atoms with Crippen LogP contribution in [-0.4, -0.2) is 55.3 Å². The van der Waals surface area contributed by atoms with Gasteiger partial charge in [-0.15, -0.1) is 11.3 Å². The fraction of sp³-hybridized carbons (Fsp3) is 0.389. The molecule has 3 rings (SSSR count). The third kappa shape index (κ3) is 4.95. The molecule has 2 aromatic rings. The molecular weight excluding hydrogens is 370 g/mol. The van der Waals surface area contributed by atoms with Gasteiger partial charge in [-0.2, -0.15) is 0 Å². The smallest absolute Gasteiger partial charge is 0.254 e. The zero-order chi connectivity index (χ0) is 19.2. The van der Waals surface area contributed by atoms with Crippen molar-refractivity contribution in [3.63, 3.8) is 0 Å². The van der Waals surface area contributed by atoms with Crippen LogP contribution >= 0.6 is 11.3 Å². The van der Waals surface area contributed by atoms with E-state index in [2.05, 4.69) is 10.3 Å². The average molecular weight is 391 g/mol. The third-order valence-electron chi connectivity index (χ3n) is 3.88. The maximum absolute atomic E-state index is 12.9. The van der Waals surface area contributed by atoms with Gasteiger partial charge in [0.2, 0.25) is 12.7 Å². The number of hydrogen-bond acceptors (Lipinski definition) is 7. The number of anilines is 1. The molecule has 1 aromatic heterocycles. The second kappa shape index (κ2) is 8.83. The van der Waals surface area contributed by atoms with Crippen LogP contribution in [0.15, 0.2) is 23.6 Å². The number of amides is 2. The summed E-state index contributed by atoms with van der Waals surface area (Å²) in [5.74, 6) is 0.584. The van der Waals surface area contributed by atoms with Gasteiger partial charge in [0.05, 0.1) is 5.69 Å². The molecule has 0 unspecified atom stereocenters. The van der Waals surface area contributed by atoms with Gasteiger partial charge in [0.15, 0.2) is 16.6 Å². The number of carbonyl (C=O) groups is 2. The van der Waals surface area contributed by atoms with Gasteiger partial charge in [0, 0.05) is 31.2 Å². The second-order valence-electron chi connectivity index (χ2n) is 5.98. The van der Waals surface area contributed by atoms with Gasteiger partial charge in [-0.25, -0.2) is 4.98 Å². The quantitative estimate of drug-likeness (QED) is 0.695. The maximum Gasteiger partial charge on any atom is 0.254 e. The Kier molecular flexibility index (Phi) is 6.25. The Morgan fingerprint density at radius 2 is 2.15 bits per heavy atom. The molecule has 1 N–H and O–H groups in total. The predicted octanol–water partition coefficient (Wildman–Crippen LogP) is 2.30. The highest BCUT2D eigenvalue weighted by atomic mass is 32.1. The summed E-state index contributed by atoms with van der Waals surface area (Å²) in [5.41, 5.74) is 1.28. The molecule has 1 aliphatic rings. The number of aromatic nitrogens is 1. The molecule has 27 heavy (non-hydrogen) atoms. The van der Waals surface area contributed by atoms with Crippen molar-refractivity contribution in [1.82, 2.24) is 9.88 Å². The van der Waals surface area contributed by atoms with Crippen LogP contribution in [0.1, 0.15) is 22.5 Å². The molecule has 0 radical (unpaired) electrons. The lowest BCUT2D eigenvalue weighted by molar-refractivity contribution is -0.116. The Hall–Kier alpha value is -2.65. The fourth-order valence-corrected chi connectivity index (χ4v) is 3.31. The molecule has 0 fully saturated rings. The number of hydrogen-bond donors (Lipinski definition) is 1. The van der Waals surface area contributed by atoms with Gasteiger partial charge in [-0.05, 0) is 31.5 Å². The Labute approximate surface area is 161 Å². The van der Waals surface area contributed by atoms with E-state index in [1.165, 1.54) is 16.2 Å². The summed E-state index contributed by atoms with van der Waals surface area (Å²) in [5, 5.41) is 5.10. The van der Waals surface area contributed by atoms with Gasteiger partial charge in [-0.1, -0.05) is 0 Å². The maximum atomic E-state index is 12.9. The third-order valence-corrected chi connectivity index (χ3v) is 4.76. The normalized spacial score (nSPS) is 12.1. The number of thiazole rings is 1. The highest BCUT2D eigenvalue weighted by Crippen LogP contribution is 2.32. The first kappa shape index (κ1) is 19.1. The molecule has 144 valence electrons. The minimum absolute atomic E-state index is 0.0738. The molecular formula is C18H21N3O5S. The van der Waals surface area contributed by atoms with Crippen LogP contribution < -0.4 is 14.8 Å².